The Hall–Kier alpha value is -1.55. The van der Waals surface area contributed by atoms with Gasteiger partial charge in [0.2, 0.25) is 15.2 Å². The van der Waals surface area contributed by atoms with Gasteiger partial charge >= 0.3 is 0 Å². The summed E-state index contributed by atoms with van der Waals surface area (Å²) >= 11 is 1.54. The summed E-state index contributed by atoms with van der Waals surface area (Å²) in [6.07, 6.45) is 6.51. The number of ether oxygens (including phenoxy) is 1. The zero-order valence-electron chi connectivity index (χ0n) is 17.5. The number of anilines is 1. The van der Waals surface area contributed by atoms with Crippen LogP contribution in [0, 0.1) is 6.92 Å². The van der Waals surface area contributed by atoms with Crippen LogP contribution < -0.4 is 9.62 Å². The highest BCUT2D eigenvalue weighted by atomic mass is 32.2. The third-order valence-corrected chi connectivity index (χ3v) is 7.73. The molecule has 2 atom stereocenters. The quantitative estimate of drug-likeness (QED) is 0.698. The smallest absolute Gasteiger partial charge is 0.209 e. The summed E-state index contributed by atoms with van der Waals surface area (Å²) in [4.78, 5) is 2.16. The summed E-state index contributed by atoms with van der Waals surface area (Å²) in [7, 11) is -3.29. The summed E-state index contributed by atoms with van der Waals surface area (Å²) in [5.74, 6) is 0.609. The van der Waals surface area contributed by atoms with Gasteiger partial charge in [-0.1, -0.05) is 41.7 Å². The van der Waals surface area contributed by atoms with E-state index in [1.807, 2.05) is 6.92 Å². The van der Waals surface area contributed by atoms with Gasteiger partial charge in [0.1, 0.15) is 5.01 Å². The van der Waals surface area contributed by atoms with Crippen LogP contribution in [-0.4, -0.2) is 56.2 Å². The Bertz CT molecular complexity index is 927. The van der Waals surface area contributed by atoms with Crippen molar-refractivity contribution in [2.75, 3.05) is 24.3 Å². The van der Waals surface area contributed by atoms with Crippen molar-refractivity contribution in [1.29, 1.82) is 0 Å². The number of sulfonamides is 1. The maximum absolute atomic E-state index is 11.9. The standard InChI is InChI=1S/C21H30N4O3S2/c1-15-22-23-21(29-15)25-13-12-19(24-30(2,26)27)20(25)14-28-18-10-8-17(9-11-18)16-6-4-3-5-7-16/h3-7,17-20,24H,8-14H2,1-2H3/t17-,18+,19?,20?. The van der Waals surface area contributed by atoms with E-state index >= 15 is 0 Å². The second-order valence-electron chi connectivity index (χ2n) is 8.37. The van der Waals surface area contributed by atoms with Crippen LogP contribution in [0.5, 0.6) is 0 Å². The van der Waals surface area contributed by atoms with E-state index in [1.54, 1.807) is 0 Å². The molecule has 4 rings (SSSR count). The van der Waals surface area contributed by atoms with Gasteiger partial charge in [-0.25, -0.2) is 13.1 Å². The first-order chi connectivity index (χ1) is 14.4. The van der Waals surface area contributed by atoms with Crippen molar-refractivity contribution in [2.24, 2.45) is 0 Å². The maximum Gasteiger partial charge on any atom is 0.209 e. The number of aromatic nitrogens is 2. The Kier molecular flexibility index (Phi) is 6.72. The third-order valence-electron chi connectivity index (χ3n) is 6.12. The van der Waals surface area contributed by atoms with Crippen LogP contribution in [0.25, 0.3) is 0 Å². The molecule has 2 heterocycles. The fourth-order valence-corrected chi connectivity index (χ4v) is 6.23. The largest absolute Gasteiger partial charge is 0.376 e. The zero-order valence-corrected chi connectivity index (χ0v) is 19.2. The van der Waals surface area contributed by atoms with E-state index < -0.39 is 10.0 Å². The molecule has 164 valence electrons. The van der Waals surface area contributed by atoms with Crippen LogP contribution in [0.15, 0.2) is 30.3 Å². The molecule has 2 aromatic rings. The van der Waals surface area contributed by atoms with Crippen molar-refractivity contribution in [2.45, 2.75) is 63.1 Å². The van der Waals surface area contributed by atoms with Gasteiger partial charge in [-0.05, 0) is 50.5 Å². The molecule has 1 aromatic carbocycles. The van der Waals surface area contributed by atoms with Crippen LogP contribution in [0.2, 0.25) is 0 Å². The molecule has 30 heavy (non-hydrogen) atoms. The zero-order chi connectivity index (χ0) is 21.1. The fourth-order valence-electron chi connectivity index (χ4n) is 4.63. The lowest BCUT2D eigenvalue weighted by molar-refractivity contribution is 0.0157. The van der Waals surface area contributed by atoms with Crippen molar-refractivity contribution in [3.05, 3.63) is 40.9 Å². The minimum atomic E-state index is -3.29. The normalized spacial score (nSPS) is 27.5. The van der Waals surface area contributed by atoms with Gasteiger partial charge in [0.05, 0.1) is 25.0 Å². The molecular formula is C21H30N4O3S2. The van der Waals surface area contributed by atoms with Crippen LogP contribution in [-0.2, 0) is 14.8 Å². The van der Waals surface area contributed by atoms with Crippen LogP contribution in [0.3, 0.4) is 0 Å². The summed E-state index contributed by atoms with van der Waals surface area (Å²) in [6, 6.07) is 10.5. The highest BCUT2D eigenvalue weighted by molar-refractivity contribution is 7.88. The van der Waals surface area contributed by atoms with Crippen molar-refractivity contribution in [1.82, 2.24) is 14.9 Å². The number of hydrogen-bond acceptors (Lipinski definition) is 7. The summed E-state index contributed by atoms with van der Waals surface area (Å²) in [5, 5.41) is 10.2. The van der Waals surface area contributed by atoms with Gasteiger partial charge in [-0.2, -0.15) is 0 Å². The van der Waals surface area contributed by atoms with E-state index in [0.717, 1.165) is 48.8 Å². The first-order valence-electron chi connectivity index (χ1n) is 10.6. The Morgan fingerprint density at radius 1 is 1.13 bits per heavy atom. The first-order valence-corrected chi connectivity index (χ1v) is 13.3. The average molecular weight is 451 g/mol. The molecule has 9 heteroatoms. The van der Waals surface area contributed by atoms with E-state index in [9.17, 15) is 8.42 Å². The van der Waals surface area contributed by atoms with E-state index in [2.05, 4.69) is 50.2 Å². The third kappa shape index (κ3) is 5.38. The molecule has 1 aliphatic carbocycles. The van der Waals surface area contributed by atoms with E-state index in [1.165, 1.54) is 23.2 Å². The van der Waals surface area contributed by atoms with Gasteiger partial charge in [-0.3, -0.25) is 0 Å². The minimum Gasteiger partial charge on any atom is -0.376 e. The molecule has 0 spiro atoms. The number of benzene rings is 1. The Morgan fingerprint density at radius 3 is 2.50 bits per heavy atom. The topological polar surface area (TPSA) is 84.4 Å². The molecule has 0 bridgehead atoms. The molecule has 7 nitrogen and oxygen atoms in total. The lowest BCUT2D eigenvalue weighted by atomic mass is 9.83. The summed E-state index contributed by atoms with van der Waals surface area (Å²) < 4.78 is 32.9. The Morgan fingerprint density at radius 2 is 1.87 bits per heavy atom. The fraction of sp³-hybridized carbons (Fsp3) is 0.619. The monoisotopic (exact) mass is 450 g/mol. The maximum atomic E-state index is 11.9. The van der Waals surface area contributed by atoms with Gasteiger partial charge in [0.15, 0.2) is 0 Å². The highest BCUT2D eigenvalue weighted by Crippen LogP contribution is 2.35. The van der Waals surface area contributed by atoms with E-state index in [4.69, 9.17) is 4.74 Å². The molecule has 1 aromatic heterocycles. The lowest BCUT2D eigenvalue weighted by Gasteiger charge is -2.32. The lowest BCUT2D eigenvalue weighted by Crippen LogP contribution is -2.48. The predicted molar refractivity (Wildman–Crippen MR) is 120 cm³/mol. The van der Waals surface area contributed by atoms with Gasteiger partial charge in [0.25, 0.3) is 0 Å². The summed E-state index contributed by atoms with van der Waals surface area (Å²) in [5.41, 5.74) is 1.42. The second-order valence-corrected chi connectivity index (χ2v) is 11.3. The van der Waals surface area contributed by atoms with Gasteiger partial charge in [-0.15, -0.1) is 10.2 Å². The molecule has 1 saturated heterocycles. The molecular weight excluding hydrogens is 420 g/mol. The van der Waals surface area contributed by atoms with Crippen molar-refractivity contribution in [3.63, 3.8) is 0 Å². The van der Waals surface area contributed by atoms with Crippen LogP contribution in [0.1, 0.15) is 48.6 Å². The van der Waals surface area contributed by atoms with Gasteiger partial charge < -0.3 is 9.64 Å². The molecule has 2 fully saturated rings. The predicted octanol–water partition coefficient (Wildman–Crippen LogP) is 3.09. The van der Waals surface area contributed by atoms with Crippen molar-refractivity contribution in [3.8, 4) is 0 Å². The average Bonchev–Trinajstić information content (AvgIpc) is 3.32. The number of aryl methyl sites for hydroxylation is 1. The number of rotatable bonds is 7. The number of nitrogens with zero attached hydrogens (tertiary/aromatic N) is 3. The number of nitrogens with one attached hydrogen (secondary N) is 1. The first kappa shape index (κ1) is 21.7. The SMILES string of the molecule is Cc1nnc(N2CCC(NS(C)(=O)=O)C2CO[C@H]2CC[C@@H](c3ccccc3)CC2)s1. The second kappa shape index (κ2) is 9.30. The molecule has 1 N–H and O–H groups in total. The summed E-state index contributed by atoms with van der Waals surface area (Å²) in [6.45, 7) is 3.17. The van der Waals surface area contributed by atoms with Crippen LogP contribution >= 0.6 is 11.3 Å². The molecule has 1 aliphatic heterocycles. The van der Waals surface area contributed by atoms with E-state index in [0.29, 0.717) is 12.5 Å². The van der Waals surface area contributed by atoms with Crippen molar-refractivity contribution >= 4 is 26.5 Å². The van der Waals surface area contributed by atoms with Gasteiger partial charge in [0, 0.05) is 12.6 Å². The van der Waals surface area contributed by atoms with Crippen LogP contribution in [0.4, 0.5) is 5.13 Å². The highest BCUT2D eigenvalue weighted by Gasteiger charge is 2.38. The molecule has 1 saturated carbocycles. The molecule has 2 aliphatic rings. The minimum absolute atomic E-state index is 0.0704. The molecule has 0 amide bonds. The van der Waals surface area contributed by atoms with E-state index in [-0.39, 0.29) is 18.2 Å². The molecule has 2 unspecified atom stereocenters. The Labute approximate surface area is 182 Å². The van der Waals surface area contributed by atoms with Crippen molar-refractivity contribution < 1.29 is 13.2 Å². The Balaban J connectivity index is 1.37. The molecule has 0 radical (unpaired) electrons. The number of hydrogen-bond donors (Lipinski definition) is 1.